The van der Waals surface area contributed by atoms with Gasteiger partial charge in [0.15, 0.2) is 5.69 Å². The summed E-state index contributed by atoms with van der Waals surface area (Å²) in [6.45, 7) is 1.77. The van der Waals surface area contributed by atoms with E-state index in [1.54, 1.807) is 13.1 Å². The van der Waals surface area contributed by atoms with E-state index < -0.39 is 17.3 Å². The van der Waals surface area contributed by atoms with E-state index in [4.69, 9.17) is 0 Å². The van der Waals surface area contributed by atoms with Gasteiger partial charge in [0.2, 0.25) is 5.75 Å². The van der Waals surface area contributed by atoms with Crippen LogP contribution in [0.5, 0.6) is 5.75 Å². The molecule has 0 saturated carbocycles. The number of aryl methyl sites for hydroxylation is 1. The molecule has 2 aromatic rings. The Balaban J connectivity index is 2.87. The molecule has 0 radical (unpaired) electrons. The van der Waals surface area contributed by atoms with Gasteiger partial charge in [-0.2, -0.15) is 0 Å². The van der Waals surface area contributed by atoms with Crippen LogP contribution in [-0.4, -0.2) is 41.7 Å². The molecule has 7 heteroatoms. The van der Waals surface area contributed by atoms with Gasteiger partial charge in [0, 0.05) is 20.3 Å². The topological polar surface area (TPSA) is 84.1 Å². The lowest BCUT2D eigenvalue weighted by Crippen LogP contribution is -2.21. The maximum absolute atomic E-state index is 12.1. The van der Waals surface area contributed by atoms with Crippen molar-refractivity contribution in [1.82, 2.24) is 9.38 Å². The number of hydrogen-bond acceptors (Lipinski definition) is 6. The Labute approximate surface area is 115 Å². The van der Waals surface area contributed by atoms with E-state index in [-0.39, 0.29) is 5.69 Å². The first-order valence-corrected chi connectivity index (χ1v) is 5.88. The molecule has 0 bridgehead atoms. The van der Waals surface area contributed by atoms with Crippen molar-refractivity contribution < 1.29 is 14.6 Å². The third kappa shape index (κ3) is 2.07. The fourth-order valence-corrected chi connectivity index (χ4v) is 1.86. The van der Waals surface area contributed by atoms with Crippen LogP contribution in [0, 0.1) is 6.92 Å². The number of rotatable bonds is 2. The number of esters is 1. The van der Waals surface area contributed by atoms with Crippen LogP contribution in [0.3, 0.4) is 0 Å². The minimum absolute atomic E-state index is 0.304. The highest BCUT2D eigenvalue weighted by molar-refractivity contribution is 5.90. The fourth-order valence-electron chi connectivity index (χ4n) is 1.86. The molecule has 106 valence electrons. The minimum Gasteiger partial charge on any atom is -0.501 e. The standard InChI is InChI=1S/C13H15N3O4/c1-7-5-8(15(2)3)6-16-11(7)14-9(13(19)20-4)10(17)12(16)18/h5-6,17H,1-4H3. The van der Waals surface area contributed by atoms with Crippen LogP contribution in [0.15, 0.2) is 17.1 Å². The van der Waals surface area contributed by atoms with Crippen LogP contribution in [0.1, 0.15) is 16.1 Å². The fraction of sp³-hybridized carbons (Fsp3) is 0.308. The largest absolute Gasteiger partial charge is 0.501 e. The Morgan fingerprint density at radius 2 is 2.10 bits per heavy atom. The monoisotopic (exact) mass is 277 g/mol. The van der Waals surface area contributed by atoms with E-state index in [1.807, 2.05) is 25.1 Å². The number of anilines is 1. The normalized spacial score (nSPS) is 10.6. The van der Waals surface area contributed by atoms with Crippen molar-refractivity contribution in [2.45, 2.75) is 6.92 Å². The highest BCUT2D eigenvalue weighted by Crippen LogP contribution is 2.19. The third-order valence-corrected chi connectivity index (χ3v) is 2.97. The Morgan fingerprint density at radius 3 is 2.65 bits per heavy atom. The van der Waals surface area contributed by atoms with Crippen LogP contribution in [-0.2, 0) is 4.74 Å². The van der Waals surface area contributed by atoms with Gasteiger partial charge in [0.25, 0.3) is 0 Å². The number of pyridine rings is 1. The van der Waals surface area contributed by atoms with Crippen molar-refractivity contribution in [2.75, 3.05) is 26.1 Å². The van der Waals surface area contributed by atoms with Crippen LogP contribution in [0.25, 0.3) is 5.65 Å². The zero-order valence-electron chi connectivity index (χ0n) is 11.7. The summed E-state index contributed by atoms with van der Waals surface area (Å²) >= 11 is 0. The number of aromatic hydroxyl groups is 1. The van der Waals surface area contributed by atoms with Crippen molar-refractivity contribution in [3.63, 3.8) is 0 Å². The predicted molar refractivity (Wildman–Crippen MR) is 73.5 cm³/mol. The van der Waals surface area contributed by atoms with E-state index in [2.05, 4.69) is 9.72 Å². The molecule has 0 fully saturated rings. The van der Waals surface area contributed by atoms with Crippen molar-refractivity contribution in [1.29, 1.82) is 0 Å². The zero-order valence-corrected chi connectivity index (χ0v) is 11.7. The van der Waals surface area contributed by atoms with Crippen molar-refractivity contribution in [2.24, 2.45) is 0 Å². The molecule has 0 aromatic carbocycles. The number of fused-ring (bicyclic) bond motifs is 1. The third-order valence-electron chi connectivity index (χ3n) is 2.97. The second kappa shape index (κ2) is 4.84. The molecular formula is C13H15N3O4. The maximum Gasteiger partial charge on any atom is 0.360 e. The SMILES string of the molecule is COC(=O)c1nc2c(C)cc(N(C)C)cn2c(=O)c1O. The van der Waals surface area contributed by atoms with E-state index in [1.165, 1.54) is 4.40 Å². The summed E-state index contributed by atoms with van der Waals surface area (Å²) in [7, 11) is 4.83. The van der Waals surface area contributed by atoms with E-state index >= 15 is 0 Å². The highest BCUT2D eigenvalue weighted by Gasteiger charge is 2.20. The quantitative estimate of drug-likeness (QED) is 0.807. The summed E-state index contributed by atoms with van der Waals surface area (Å²) in [6, 6.07) is 1.83. The summed E-state index contributed by atoms with van der Waals surface area (Å²) in [5.74, 6) is -1.57. The molecule has 7 nitrogen and oxygen atoms in total. The Hall–Kier alpha value is -2.57. The van der Waals surface area contributed by atoms with Gasteiger partial charge < -0.3 is 14.7 Å². The van der Waals surface area contributed by atoms with Crippen LogP contribution >= 0.6 is 0 Å². The van der Waals surface area contributed by atoms with Gasteiger partial charge in [0.05, 0.1) is 12.8 Å². The molecule has 0 aliphatic carbocycles. The number of carbonyl (C=O) groups is 1. The molecule has 0 aliphatic rings. The second-order valence-electron chi connectivity index (χ2n) is 4.58. The molecule has 2 aromatic heterocycles. The molecule has 20 heavy (non-hydrogen) atoms. The van der Waals surface area contributed by atoms with E-state index in [0.717, 1.165) is 12.8 Å². The van der Waals surface area contributed by atoms with Gasteiger partial charge in [-0.25, -0.2) is 9.78 Å². The lowest BCUT2D eigenvalue weighted by molar-refractivity contribution is 0.0590. The average molecular weight is 277 g/mol. The first-order valence-electron chi connectivity index (χ1n) is 5.88. The molecule has 1 N–H and O–H groups in total. The van der Waals surface area contributed by atoms with Crippen LogP contribution in [0.2, 0.25) is 0 Å². The van der Waals surface area contributed by atoms with Gasteiger partial charge in [-0.15, -0.1) is 0 Å². The second-order valence-corrected chi connectivity index (χ2v) is 4.58. The number of ether oxygens (including phenoxy) is 1. The Bertz CT molecular complexity index is 749. The number of hydrogen-bond donors (Lipinski definition) is 1. The Morgan fingerprint density at radius 1 is 1.45 bits per heavy atom. The van der Waals surface area contributed by atoms with E-state index in [0.29, 0.717) is 11.2 Å². The first kappa shape index (κ1) is 13.9. The zero-order chi connectivity index (χ0) is 15.0. The first-order chi connectivity index (χ1) is 9.36. The molecule has 2 rings (SSSR count). The van der Waals surface area contributed by atoms with Crippen LogP contribution < -0.4 is 10.5 Å². The lowest BCUT2D eigenvalue weighted by atomic mass is 10.2. The Kier molecular flexibility index (Phi) is 3.35. The van der Waals surface area contributed by atoms with Gasteiger partial charge in [-0.1, -0.05) is 0 Å². The van der Waals surface area contributed by atoms with Crippen molar-refractivity contribution >= 4 is 17.3 Å². The van der Waals surface area contributed by atoms with Crippen molar-refractivity contribution in [3.8, 4) is 5.75 Å². The summed E-state index contributed by atoms with van der Waals surface area (Å²) in [5.41, 5.74) is 0.710. The average Bonchev–Trinajstić information content (AvgIpc) is 2.42. The van der Waals surface area contributed by atoms with Crippen molar-refractivity contribution in [3.05, 3.63) is 33.9 Å². The van der Waals surface area contributed by atoms with Gasteiger partial charge in [-0.05, 0) is 18.6 Å². The number of nitrogens with zero attached hydrogens (tertiary/aromatic N) is 3. The maximum atomic E-state index is 12.1. The predicted octanol–water partition coefficient (Wildman–Crippen LogP) is 0.561. The molecule has 0 amide bonds. The minimum atomic E-state index is -0.849. The molecule has 0 aliphatic heterocycles. The lowest BCUT2D eigenvalue weighted by Gasteiger charge is -2.15. The van der Waals surface area contributed by atoms with Crippen LogP contribution in [0.4, 0.5) is 5.69 Å². The van der Waals surface area contributed by atoms with Gasteiger partial charge in [0.1, 0.15) is 5.65 Å². The number of aromatic nitrogens is 2. The number of carbonyl (C=O) groups excluding carboxylic acids is 1. The summed E-state index contributed by atoms with van der Waals surface area (Å²) < 4.78 is 5.72. The molecular weight excluding hydrogens is 262 g/mol. The summed E-state index contributed by atoms with van der Waals surface area (Å²) in [5, 5.41) is 9.81. The summed E-state index contributed by atoms with van der Waals surface area (Å²) in [4.78, 5) is 29.5. The molecule has 0 saturated heterocycles. The highest BCUT2D eigenvalue weighted by atomic mass is 16.5. The number of methoxy groups -OCH3 is 1. The smallest absolute Gasteiger partial charge is 0.360 e. The summed E-state index contributed by atoms with van der Waals surface area (Å²) in [6.07, 6.45) is 1.55. The molecule has 0 spiro atoms. The molecule has 0 atom stereocenters. The van der Waals surface area contributed by atoms with Gasteiger partial charge in [-0.3, -0.25) is 9.20 Å². The van der Waals surface area contributed by atoms with Gasteiger partial charge >= 0.3 is 11.5 Å². The van der Waals surface area contributed by atoms with E-state index in [9.17, 15) is 14.7 Å². The molecule has 2 heterocycles. The molecule has 0 unspecified atom stereocenters.